The van der Waals surface area contributed by atoms with Gasteiger partial charge in [0.15, 0.2) is 24.8 Å². The number of rotatable bonds is 17. The van der Waals surface area contributed by atoms with Crippen LogP contribution >= 0.6 is 0 Å². The Kier molecular flexibility index (Phi) is 13.0. The van der Waals surface area contributed by atoms with Gasteiger partial charge < -0.3 is 14.0 Å². The van der Waals surface area contributed by atoms with Crippen LogP contribution < -0.4 is 14.0 Å². The minimum atomic E-state index is -4.16. The Morgan fingerprint density at radius 1 is 0.451 bits per heavy atom. The average molecular weight is 724 g/mol. The van der Waals surface area contributed by atoms with Gasteiger partial charge in [-0.05, 0) is 71.5 Å². The number of aryl methyl sites for hydroxylation is 2. The highest BCUT2D eigenvalue weighted by molar-refractivity contribution is 7.85. The van der Waals surface area contributed by atoms with Crippen molar-refractivity contribution in [2.24, 2.45) is 0 Å². The molecule has 0 spiro atoms. The molecule has 0 fully saturated rings. The summed E-state index contributed by atoms with van der Waals surface area (Å²) in [7, 11) is -8.32. The van der Waals surface area contributed by atoms with E-state index in [0.717, 1.165) is 39.3 Å². The third-order valence-electron chi connectivity index (χ3n) is 8.21. The van der Waals surface area contributed by atoms with Crippen LogP contribution in [0.15, 0.2) is 128 Å². The molecule has 0 saturated carbocycles. The summed E-state index contributed by atoms with van der Waals surface area (Å²) < 4.78 is 68.7. The van der Waals surface area contributed by atoms with E-state index in [1.807, 2.05) is 88.5 Å². The molecular weight excluding hydrogens is 683 g/mol. The number of hydrogen-bond donors (Lipinski definition) is 0. The molecule has 2 aromatic heterocycles. The van der Waals surface area contributed by atoms with Crippen molar-refractivity contribution in [3.05, 3.63) is 150 Å². The molecule has 0 aliphatic heterocycles. The van der Waals surface area contributed by atoms with E-state index in [0.29, 0.717) is 38.8 Å². The summed E-state index contributed by atoms with van der Waals surface area (Å²) in [5, 5.41) is 0. The molecule has 0 aliphatic carbocycles. The van der Waals surface area contributed by atoms with Crippen LogP contribution in [0.4, 0.5) is 17.1 Å². The lowest BCUT2D eigenvalue weighted by Gasteiger charge is -2.25. The topological polar surface area (TPSA) is 125 Å². The summed E-state index contributed by atoms with van der Waals surface area (Å²) in [5.41, 5.74) is 7.30. The van der Waals surface area contributed by atoms with Crippen LogP contribution in [0.25, 0.3) is 24.3 Å². The molecule has 5 aromatic rings. The normalized spacial score (nSPS) is 12.1. The second kappa shape index (κ2) is 17.8. The zero-order chi connectivity index (χ0) is 36.1. The van der Waals surface area contributed by atoms with Gasteiger partial charge in [0.25, 0.3) is 0 Å². The molecule has 9 nitrogen and oxygen atoms in total. The number of pyridine rings is 2. The Morgan fingerprint density at radius 3 is 1.14 bits per heavy atom. The fraction of sp³-hybridized carbons (Fsp3) is 0.200. The van der Waals surface area contributed by atoms with Crippen LogP contribution in [0.5, 0.6) is 0 Å². The lowest BCUT2D eigenvalue weighted by Crippen LogP contribution is -2.32. The van der Waals surface area contributed by atoms with Gasteiger partial charge in [-0.2, -0.15) is 0 Å². The van der Waals surface area contributed by atoms with Gasteiger partial charge in [0, 0.05) is 65.7 Å². The van der Waals surface area contributed by atoms with Gasteiger partial charge in [0.1, 0.15) is 13.1 Å². The first-order chi connectivity index (χ1) is 24.5. The number of para-hydroxylation sites is 1. The largest absolute Gasteiger partial charge is 0.748 e. The van der Waals surface area contributed by atoms with Gasteiger partial charge >= 0.3 is 0 Å². The fourth-order valence-electron chi connectivity index (χ4n) is 5.48. The molecule has 0 N–H and O–H groups in total. The number of unbranched alkanes of at least 4 members (excludes halogenated alkanes) is 2. The SMILES string of the molecule is O=S(=O)([O-])CCCC[n+]1ccc(/C=C/c2ccc(N(c3ccccc3)c3ccc(/C=C/c4cc[n+](CCCCS(=O)(=O)[O-])cc4)cc3)cc2)cc1. The summed E-state index contributed by atoms with van der Waals surface area (Å²) in [5.74, 6) is -0.653. The molecule has 264 valence electrons. The Labute approximate surface area is 301 Å². The molecule has 0 radical (unpaired) electrons. The summed E-state index contributed by atoms with van der Waals surface area (Å²) >= 11 is 0. The lowest BCUT2D eigenvalue weighted by molar-refractivity contribution is -0.697. The predicted octanol–water partition coefficient (Wildman–Crippen LogP) is 6.72. The molecule has 5 rings (SSSR count). The van der Waals surface area contributed by atoms with Crippen LogP contribution in [0.1, 0.15) is 47.9 Å². The van der Waals surface area contributed by atoms with Crippen LogP contribution in [0.3, 0.4) is 0 Å². The zero-order valence-corrected chi connectivity index (χ0v) is 29.8. The number of aromatic nitrogens is 2. The Hall–Kier alpha value is -4.94. The van der Waals surface area contributed by atoms with Crippen molar-refractivity contribution >= 4 is 61.6 Å². The van der Waals surface area contributed by atoms with Crippen molar-refractivity contribution in [1.29, 1.82) is 0 Å². The predicted molar refractivity (Wildman–Crippen MR) is 200 cm³/mol. The van der Waals surface area contributed by atoms with Gasteiger partial charge in [0.2, 0.25) is 0 Å². The average Bonchev–Trinajstić information content (AvgIpc) is 3.12. The molecular formula is C40H41N3O6S2. The van der Waals surface area contributed by atoms with Crippen LogP contribution in [-0.4, -0.2) is 37.4 Å². The standard InChI is InChI=1S/C40H41N3O6S2/c44-50(45,46)32-6-4-26-41-28-22-36(23-29-41)12-10-34-14-18-39(19-15-34)43(38-8-2-1-3-9-38)40-20-16-35(17-21-40)11-13-37-24-30-42(31-25-37)27-5-7-33-51(47,48)49/h1-3,8-25,28-31H,4-7,26-27,32-33H2. The molecule has 3 aromatic carbocycles. The van der Waals surface area contributed by atoms with Crippen LogP contribution in [-0.2, 0) is 33.3 Å². The summed E-state index contributed by atoms with van der Waals surface area (Å²) in [4.78, 5) is 2.21. The van der Waals surface area contributed by atoms with Crippen molar-refractivity contribution < 1.29 is 35.1 Å². The summed E-state index contributed by atoms with van der Waals surface area (Å²) in [6.45, 7) is 1.30. The molecule has 0 unspecified atom stereocenters. The fourth-order valence-corrected chi connectivity index (χ4v) is 6.60. The van der Waals surface area contributed by atoms with Crippen molar-refractivity contribution in [3.8, 4) is 0 Å². The number of anilines is 3. The van der Waals surface area contributed by atoms with E-state index in [-0.39, 0.29) is 11.5 Å². The van der Waals surface area contributed by atoms with E-state index in [2.05, 4.69) is 77.7 Å². The molecule has 2 heterocycles. The molecule has 0 saturated heterocycles. The maximum Gasteiger partial charge on any atom is 0.169 e. The first kappa shape index (κ1) is 37.3. The van der Waals surface area contributed by atoms with Gasteiger partial charge in [-0.15, -0.1) is 0 Å². The van der Waals surface area contributed by atoms with Crippen molar-refractivity contribution in [1.82, 2.24) is 0 Å². The Morgan fingerprint density at radius 2 is 0.784 bits per heavy atom. The molecule has 0 bridgehead atoms. The van der Waals surface area contributed by atoms with E-state index in [1.54, 1.807) is 0 Å². The number of hydrogen-bond acceptors (Lipinski definition) is 7. The highest BCUT2D eigenvalue weighted by Crippen LogP contribution is 2.34. The summed E-state index contributed by atoms with van der Waals surface area (Å²) in [6, 6.07) is 35.0. The smallest absolute Gasteiger partial charge is 0.169 e. The first-order valence-corrected chi connectivity index (χ1v) is 19.9. The quantitative estimate of drug-likeness (QED) is 0.0593. The number of benzene rings is 3. The van der Waals surface area contributed by atoms with E-state index in [9.17, 15) is 25.9 Å². The zero-order valence-electron chi connectivity index (χ0n) is 28.2. The van der Waals surface area contributed by atoms with Crippen molar-refractivity contribution in [2.75, 3.05) is 16.4 Å². The number of nitrogens with zero attached hydrogens (tertiary/aromatic N) is 3. The van der Waals surface area contributed by atoms with E-state index < -0.39 is 20.2 Å². The highest BCUT2D eigenvalue weighted by Gasteiger charge is 2.12. The summed E-state index contributed by atoms with van der Waals surface area (Å²) in [6.07, 6.45) is 18.0. The van der Waals surface area contributed by atoms with E-state index in [4.69, 9.17) is 0 Å². The molecule has 11 heteroatoms. The molecule has 51 heavy (non-hydrogen) atoms. The Bertz CT molecular complexity index is 1980. The second-order valence-corrected chi connectivity index (χ2v) is 15.2. The molecule has 0 amide bonds. The highest BCUT2D eigenvalue weighted by atomic mass is 32.2. The minimum absolute atomic E-state index is 0.327. The maximum absolute atomic E-state index is 10.8. The van der Waals surface area contributed by atoms with Crippen molar-refractivity contribution in [2.45, 2.75) is 38.8 Å². The van der Waals surface area contributed by atoms with E-state index >= 15 is 0 Å². The van der Waals surface area contributed by atoms with Crippen molar-refractivity contribution in [3.63, 3.8) is 0 Å². The van der Waals surface area contributed by atoms with Gasteiger partial charge in [-0.25, -0.2) is 26.0 Å². The van der Waals surface area contributed by atoms with Crippen LogP contribution in [0, 0.1) is 0 Å². The van der Waals surface area contributed by atoms with Gasteiger partial charge in [-0.3, -0.25) is 0 Å². The van der Waals surface area contributed by atoms with Gasteiger partial charge in [-0.1, -0.05) is 66.8 Å². The second-order valence-electron chi connectivity index (χ2n) is 12.2. The molecule has 0 atom stereocenters. The Balaban J connectivity index is 1.21. The third kappa shape index (κ3) is 12.7. The molecule has 0 aliphatic rings. The third-order valence-corrected chi connectivity index (χ3v) is 9.79. The monoisotopic (exact) mass is 723 g/mol. The lowest BCUT2D eigenvalue weighted by atomic mass is 10.1. The maximum atomic E-state index is 10.8. The van der Waals surface area contributed by atoms with E-state index in [1.165, 1.54) is 0 Å². The van der Waals surface area contributed by atoms with Crippen LogP contribution in [0.2, 0.25) is 0 Å². The first-order valence-electron chi connectivity index (χ1n) is 16.8. The van der Waals surface area contributed by atoms with Gasteiger partial charge in [0.05, 0.1) is 20.2 Å². The minimum Gasteiger partial charge on any atom is -0.748 e.